The summed E-state index contributed by atoms with van der Waals surface area (Å²) >= 11 is 5.93. The molecule has 104 valence electrons. The summed E-state index contributed by atoms with van der Waals surface area (Å²) in [6.45, 7) is 0.851. The lowest BCUT2D eigenvalue weighted by molar-refractivity contribution is -0.130. The average Bonchev–Trinajstić information content (AvgIpc) is 2.95. The van der Waals surface area contributed by atoms with E-state index in [1.54, 1.807) is 0 Å². The van der Waals surface area contributed by atoms with Gasteiger partial charge in [-0.05, 0) is 29.2 Å². The molecule has 0 aromatic heterocycles. The first kappa shape index (κ1) is 13.4. The van der Waals surface area contributed by atoms with Gasteiger partial charge in [-0.1, -0.05) is 42.5 Å². The van der Waals surface area contributed by atoms with E-state index in [1.165, 1.54) is 10.8 Å². The fourth-order valence-corrected chi connectivity index (χ4v) is 3.27. The molecule has 0 bridgehead atoms. The van der Waals surface area contributed by atoms with Gasteiger partial charge in [-0.2, -0.15) is 0 Å². The van der Waals surface area contributed by atoms with E-state index in [0.29, 0.717) is 12.3 Å². The molecule has 3 heteroatoms. The van der Waals surface area contributed by atoms with Crippen molar-refractivity contribution >= 4 is 28.3 Å². The second-order valence-corrected chi connectivity index (χ2v) is 5.70. The van der Waals surface area contributed by atoms with Crippen LogP contribution in [0.5, 0.6) is 0 Å². The van der Waals surface area contributed by atoms with Crippen LogP contribution in [0.4, 0.5) is 0 Å². The molecule has 2 nitrogen and oxygen atoms in total. The maximum Gasteiger partial charge on any atom is 0.227 e. The Bertz CT molecular complexity index is 625. The highest BCUT2D eigenvalue weighted by atomic mass is 35.5. The van der Waals surface area contributed by atoms with Gasteiger partial charge >= 0.3 is 0 Å². The highest BCUT2D eigenvalue weighted by molar-refractivity contribution is 6.18. The largest absolute Gasteiger partial charge is 0.338 e. The van der Waals surface area contributed by atoms with Crippen molar-refractivity contribution in [1.82, 2.24) is 4.90 Å². The van der Waals surface area contributed by atoms with Crippen LogP contribution in [0.3, 0.4) is 0 Å². The van der Waals surface area contributed by atoms with E-state index in [2.05, 4.69) is 24.3 Å². The Morgan fingerprint density at radius 2 is 2.00 bits per heavy atom. The van der Waals surface area contributed by atoms with Gasteiger partial charge in [0.2, 0.25) is 5.91 Å². The van der Waals surface area contributed by atoms with E-state index in [-0.39, 0.29) is 11.9 Å². The summed E-state index contributed by atoms with van der Waals surface area (Å²) in [5, 5.41) is 2.40. The van der Waals surface area contributed by atoms with E-state index in [9.17, 15) is 4.79 Å². The number of alkyl halides is 1. The molecule has 2 aromatic rings. The molecule has 1 aliphatic heterocycles. The summed E-state index contributed by atoms with van der Waals surface area (Å²) in [5.41, 5.74) is 1.08. The quantitative estimate of drug-likeness (QED) is 0.790. The zero-order valence-corrected chi connectivity index (χ0v) is 12.1. The smallest absolute Gasteiger partial charge is 0.227 e. The standard InChI is InChI=1S/C17H18ClNO/c18-12-16-6-3-9-19(16)17(20)11-13-7-8-14-4-1-2-5-15(14)10-13/h1-2,4-5,7-8,10,16H,3,6,9,11-12H2. The van der Waals surface area contributed by atoms with Crippen LogP contribution in [0.1, 0.15) is 18.4 Å². The van der Waals surface area contributed by atoms with Crippen molar-refractivity contribution < 1.29 is 4.79 Å². The maximum absolute atomic E-state index is 12.4. The second-order valence-electron chi connectivity index (χ2n) is 5.40. The predicted octanol–water partition coefficient (Wildman–Crippen LogP) is 3.61. The lowest BCUT2D eigenvalue weighted by Crippen LogP contribution is -2.37. The number of amides is 1. The van der Waals surface area contributed by atoms with Crippen molar-refractivity contribution in [2.75, 3.05) is 12.4 Å². The van der Waals surface area contributed by atoms with Crippen LogP contribution < -0.4 is 0 Å². The molecule has 20 heavy (non-hydrogen) atoms. The minimum atomic E-state index is 0.198. The lowest BCUT2D eigenvalue weighted by atomic mass is 10.0. The van der Waals surface area contributed by atoms with Crippen LogP contribution in [-0.4, -0.2) is 29.3 Å². The van der Waals surface area contributed by atoms with Gasteiger partial charge in [-0.3, -0.25) is 4.79 Å². The van der Waals surface area contributed by atoms with Crippen molar-refractivity contribution in [1.29, 1.82) is 0 Å². The molecule has 0 N–H and O–H groups in total. The molecule has 1 heterocycles. The summed E-state index contributed by atoms with van der Waals surface area (Å²) in [7, 11) is 0. The van der Waals surface area contributed by atoms with E-state index in [0.717, 1.165) is 24.9 Å². The Hall–Kier alpha value is -1.54. The number of benzene rings is 2. The van der Waals surface area contributed by atoms with Crippen molar-refractivity contribution in [2.45, 2.75) is 25.3 Å². The molecular weight excluding hydrogens is 270 g/mol. The van der Waals surface area contributed by atoms with Crippen LogP contribution >= 0.6 is 11.6 Å². The van der Waals surface area contributed by atoms with Crippen LogP contribution in [0.15, 0.2) is 42.5 Å². The number of hydrogen-bond acceptors (Lipinski definition) is 1. The van der Waals surface area contributed by atoms with E-state index >= 15 is 0 Å². The third-order valence-electron chi connectivity index (χ3n) is 4.04. The van der Waals surface area contributed by atoms with E-state index < -0.39 is 0 Å². The summed E-state index contributed by atoms with van der Waals surface area (Å²) in [4.78, 5) is 14.3. The van der Waals surface area contributed by atoms with E-state index in [1.807, 2.05) is 23.1 Å². The SMILES string of the molecule is O=C(Cc1ccc2ccccc2c1)N1CCCC1CCl. The normalized spacial score (nSPS) is 18.6. The Labute approximate surface area is 124 Å². The number of likely N-dealkylation sites (tertiary alicyclic amines) is 1. The van der Waals surface area contributed by atoms with Crippen molar-refractivity contribution in [3.05, 3.63) is 48.0 Å². The Morgan fingerprint density at radius 1 is 1.20 bits per heavy atom. The Morgan fingerprint density at radius 3 is 2.80 bits per heavy atom. The third-order valence-corrected chi connectivity index (χ3v) is 4.40. The topological polar surface area (TPSA) is 20.3 Å². The van der Waals surface area contributed by atoms with Gasteiger partial charge in [0, 0.05) is 18.5 Å². The van der Waals surface area contributed by atoms with Crippen molar-refractivity contribution in [2.24, 2.45) is 0 Å². The van der Waals surface area contributed by atoms with E-state index in [4.69, 9.17) is 11.6 Å². The zero-order valence-electron chi connectivity index (χ0n) is 11.4. The third kappa shape index (κ3) is 2.66. The average molecular weight is 288 g/mol. The molecule has 0 aliphatic carbocycles. The molecule has 1 saturated heterocycles. The molecule has 3 rings (SSSR count). The molecule has 1 unspecified atom stereocenters. The number of nitrogens with zero attached hydrogens (tertiary/aromatic N) is 1. The van der Waals surface area contributed by atoms with Crippen molar-refractivity contribution in [3.63, 3.8) is 0 Å². The maximum atomic E-state index is 12.4. The molecule has 0 saturated carbocycles. The minimum Gasteiger partial charge on any atom is -0.338 e. The van der Waals surface area contributed by atoms with Gasteiger partial charge in [-0.25, -0.2) is 0 Å². The molecule has 1 atom stereocenters. The van der Waals surface area contributed by atoms with Gasteiger partial charge in [0.15, 0.2) is 0 Å². The number of carbonyl (C=O) groups is 1. The fraction of sp³-hybridized carbons (Fsp3) is 0.353. The first-order valence-corrected chi connectivity index (χ1v) is 7.64. The zero-order chi connectivity index (χ0) is 13.9. The van der Waals surface area contributed by atoms with Gasteiger partial charge in [-0.15, -0.1) is 11.6 Å². The number of hydrogen-bond donors (Lipinski definition) is 0. The summed E-state index contributed by atoms with van der Waals surface area (Å²) in [6.07, 6.45) is 2.58. The lowest BCUT2D eigenvalue weighted by Gasteiger charge is -2.23. The number of carbonyl (C=O) groups excluding carboxylic acids is 1. The van der Waals surface area contributed by atoms with Crippen LogP contribution in [0, 0.1) is 0 Å². The molecular formula is C17H18ClNO. The van der Waals surface area contributed by atoms with Gasteiger partial charge in [0.1, 0.15) is 0 Å². The summed E-state index contributed by atoms with van der Waals surface area (Å²) < 4.78 is 0. The van der Waals surface area contributed by atoms with Crippen molar-refractivity contribution in [3.8, 4) is 0 Å². The molecule has 1 fully saturated rings. The summed E-state index contributed by atoms with van der Waals surface area (Å²) in [6, 6.07) is 14.7. The van der Waals surface area contributed by atoms with Gasteiger partial charge in [0.05, 0.1) is 6.42 Å². The molecule has 0 spiro atoms. The number of halogens is 1. The molecule has 2 aromatic carbocycles. The van der Waals surface area contributed by atoms with Crippen LogP contribution in [0.25, 0.3) is 10.8 Å². The molecule has 0 radical (unpaired) electrons. The molecule has 1 aliphatic rings. The van der Waals surface area contributed by atoms with Crippen LogP contribution in [-0.2, 0) is 11.2 Å². The van der Waals surface area contributed by atoms with Gasteiger partial charge in [0.25, 0.3) is 0 Å². The second kappa shape index (κ2) is 5.84. The van der Waals surface area contributed by atoms with Gasteiger partial charge < -0.3 is 4.90 Å². The highest BCUT2D eigenvalue weighted by Gasteiger charge is 2.27. The molecule has 1 amide bonds. The monoisotopic (exact) mass is 287 g/mol. The van der Waals surface area contributed by atoms with Crippen LogP contribution in [0.2, 0.25) is 0 Å². The first-order chi connectivity index (χ1) is 9.78. The first-order valence-electron chi connectivity index (χ1n) is 7.11. The summed E-state index contributed by atoms with van der Waals surface area (Å²) in [5.74, 6) is 0.743. The fourth-order valence-electron chi connectivity index (χ4n) is 2.95. The minimum absolute atomic E-state index is 0.198. The number of fused-ring (bicyclic) bond motifs is 1. The Balaban J connectivity index is 1.77. The Kier molecular flexibility index (Phi) is 3.93. The highest BCUT2D eigenvalue weighted by Crippen LogP contribution is 2.21. The number of rotatable bonds is 3. The predicted molar refractivity (Wildman–Crippen MR) is 83.1 cm³/mol.